The Morgan fingerprint density at radius 3 is 2.65 bits per heavy atom. The van der Waals surface area contributed by atoms with E-state index < -0.39 is 4.92 Å². The highest BCUT2D eigenvalue weighted by Gasteiger charge is 2.24. The first-order chi connectivity index (χ1) is 12.6. The zero-order valence-corrected chi connectivity index (χ0v) is 15.0. The molecule has 0 bridgehead atoms. The van der Waals surface area contributed by atoms with E-state index in [9.17, 15) is 14.9 Å². The highest BCUT2D eigenvalue weighted by molar-refractivity contribution is 7.11. The number of thiophene rings is 1. The number of benzene rings is 1. The highest BCUT2D eigenvalue weighted by Crippen LogP contribution is 2.20. The molecule has 8 heteroatoms. The summed E-state index contributed by atoms with van der Waals surface area (Å²) in [4.78, 5) is 25.8. The molecule has 1 N–H and O–H groups in total. The number of hydrazone groups is 1. The first-order valence-electron chi connectivity index (χ1n) is 8.44. The molecule has 1 aromatic heterocycles. The third-order valence-corrected chi connectivity index (χ3v) is 5.23. The highest BCUT2D eigenvalue weighted by atomic mass is 32.1. The van der Waals surface area contributed by atoms with Gasteiger partial charge in [0.25, 0.3) is 5.69 Å². The first-order valence-corrected chi connectivity index (χ1v) is 9.32. The predicted molar refractivity (Wildman–Crippen MR) is 101 cm³/mol. The number of rotatable bonds is 6. The molecular weight excluding hydrogens is 352 g/mol. The maximum atomic E-state index is 12.2. The number of carbonyl (C=O) groups is 1. The summed E-state index contributed by atoms with van der Waals surface area (Å²) in [5.41, 5.74) is 3.77. The van der Waals surface area contributed by atoms with E-state index in [4.69, 9.17) is 0 Å². The molecule has 7 nitrogen and oxygen atoms in total. The number of nitrogens with zero attached hydrogens (tertiary/aromatic N) is 3. The van der Waals surface area contributed by atoms with Crippen LogP contribution in [0.5, 0.6) is 0 Å². The molecule has 2 heterocycles. The van der Waals surface area contributed by atoms with Gasteiger partial charge in [-0.1, -0.05) is 18.2 Å². The Balaban J connectivity index is 1.43. The average molecular weight is 372 g/mol. The molecule has 26 heavy (non-hydrogen) atoms. The van der Waals surface area contributed by atoms with Crippen LogP contribution in [0.3, 0.4) is 0 Å². The van der Waals surface area contributed by atoms with Gasteiger partial charge in [0.2, 0.25) is 5.91 Å². The van der Waals surface area contributed by atoms with E-state index in [0.29, 0.717) is 0 Å². The molecule has 1 saturated heterocycles. The van der Waals surface area contributed by atoms with Gasteiger partial charge in [-0.2, -0.15) is 5.10 Å². The quantitative estimate of drug-likeness (QED) is 0.480. The van der Waals surface area contributed by atoms with Crippen molar-refractivity contribution in [3.8, 4) is 0 Å². The van der Waals surface area contributed by atoms with Gasteiger partial charge in [0, 0.05) is 29.5 Å². The number of likely N-dealkylation sites (tertiary alicyclic amines) is 1. The summed E-state index contributed by atoms with van der Waals surface area (Å²) in [6, 6.07) is 10.5. The Morgan fingerprint density at radius 1 is 1.31 bits per heavy atom. The van der Waals surface area contributed by atoms with Crippen LogP contribution in [-0.4, -0.2) is 35.0 Å². The number of nitro benzene ring substituents is 1. The number of non-ortho nitro benzene ring substituents is 1. The van der Waals surface area contributed by atoms with Crippen molar-refractivity contribution in [1.29, 1.82) is 0 Å². The van der Waals surface area contributed by atoms with E-state index in [1.165, 1.54) is 12.1 Å². The van der Waals surface area contributed by atoms with Crippen LogP contribution in [0, 0.1) is 16.0 Å². The molecule has 0 aliphatic carbocycles. The second-order valence-electron chi connectivity index (χ2n) is 6.22. The van der Waals surface area contributed by atoms with Crippen molar-refractivity contribution >= 4 is 29.1 Å². The van der Waals surface area contributed by atoms with Crippen LogP contribution >= 0.6 is 11.3 Å². The Bertz CT molecular complexity index is 766. The van der Waals surface area contributed by atoms with Crippen LogP contribution in [0.4, 0.5) is 5.69 Å². The maximum absolute atomic E-state index is 12.2. The lowest BCUT2D eigenvalue weighted by Crippen LogP contribution is -2.39. The predicted octanol–water partition coefficient (Wildman–Crippen LogP) is 3.02. The summed E-state index contributed by atoms with van der Waals surface area (Å²) in [6.45, 7) is 2.39. The van der Waals surface area contributed by atoms with Gasteiger partial charge < -0.3 is 0 Å². The summed E-state index contributed by atoms with van der Waals surface area (Å²) in [5, 5.41) is 16.7. The number of carbonyl (C=O) groups excluding carboxylic acids is 1. The minimum absolute atomic E-state index is 0.0244. The van der Waals surface area contributed by atoms with Crippen molar-refractivity contribution in [2.75, 3.05) is 13.1 Å². The van der Waals surface area contributed by atoms with E-state index in [1.807, 2.05) is 17.5 Å². The van der Waals surface area contributed by atoms with Gasteiger partial charge in [-0.15, -0.1) is 11.3 Å². The molecule has 0 atom stereocenters. The minimum atomic E-state index is -0.394. The molecule has 1 aliphatic rings. The average Bonchev–Trinajstić information content (AvgIpc) is 3.16. The van der Waals surface area contributed by atoms with Crippen LogP contribution in [-0.2, 0) is 11.3 Å². The van der Waals surface area contributed by atoms with Crippen molar-refractivity contribution in [3.05, 3.63) is 62.3 Å². The Kier molecular flexibility index (Phi) is 6.08. The number of hydrogen-bond donors (Lipinski definition) is 1. The number of amides is 1. The third kappa shape index (κ3) is 4.96. The summed E-state index contributed by atoms with van der Waals surface area (Å²) in [7, 11) is 0. The molecule has 3 rings (SSSR count). The van der Waals surface area contributed by atoms with Gasteiger partial charge in [0.05, 0.1) is 11.1 Å². The normalized spacial score (nSPS) is 16.0. The fraction of sp³-hybridized carbons (Fsp3) is 0.333. The number of nitrogens with one attached hydrogen (secondary N) is 1. The molecule has 0 saturated carbocycles. The van der Waals surface area contributed by atoms with Crippen LogP contribution in [0.2, 0.25) is 0 Å². The second-order valence-corrected chi connectivity index (χ2v) is 7.20. The van der Waals surface area contributed by atoms with Crippen molar-refractivity contribution in [1.82, 2.24) is 10.3 Å². The SMILES string of the molecule is O=C(NN=Cc1cccs1)C1CCN(Cc2ccc([N+](=O)[O-])cc2)CC1. The van der Waals surface area contributed by atoms with Gasteiger partial charge >= 0.3 is 0 Å². The Hall–Kier alpha value is -2.58. The van der Waals surface area contributed by atoms with Crippen LogP contribution < -0.4 is 5.43 Å². The summed E-state index contributed by atoms with van der Waals surface area (Å²) in [5.74, 6) is -0.0589. The molecule has 1 fully saturated rings. The lowest BCUT2D eigenvalue weighted by molar-refractivity contribution is -0.384. The Morgan fingerprint density at radius 2 is 2.04 bits per heavy atom. The molecule has 1 amide bonds. The first kappa shape index (κ1) is 18.2. The molecule has 0 spiro atoms. The van der Waals surface area contributed by atoms with Crippen molar-refractivity contribution < 1.29 is 9.72 Å². The largest absolute Gasteiger partial charge is 0.299 e. The van der Waals surface area contributed by atoms with Crippen molar-refractivity contribution in [2.24, 2.45) is 11.0 Å². The Labute approximate surface area is 155 Å². The van der Waals surface area contributed by atoms with E-state index in [1.54, 1.807) is 29.7 Å². The van der Waals surface area contributed by atoms with E-state index in [0.717, 1.165) is 42.9 Å². The van der Waals surface area contributed by atoms with Gasteiger partial charge in [0.15, 0.2) is 0 Å². The molecule has 1 aromatic carbocycles. The summed E-state index contributed by atoms with van der Waals surface area (Å²) >= 11 is 1.57. The maximum Gasteiger partial charge on any atom is 0.269 e. The standard InChI is InChI=1S/C18H20N4O3S/c23-18(20-19-12-17-2-1-11-26-17)15-7-9-21(10-8-15)13-14-3-5-16(6-4-14)22(24)25/h1-6,11-12,15H,7-10,13H2,(H,20,23). The summed E-state index contributed by atoms with van der Waals surface area (Å²) in [6.07, 6.45) is 3.23. The van der Waals surface area contributed by atoms with E-state index in [2.05, 4.69) is 15.4 Å². The number of nitro groups is 1. The van der Waals surface area contributed by atoms with Crippen molar-refractivity contribution in [2.45, 2.75) is 19.4 Å². The topological polar surface area (TPSA) is 87.8 Å². The molecule has 136 valence electrons. The van der Waals surface area contributed by atoms with Gasteiger partial charge in [-0.3, -0.25) is 19.8 Å². The van der Waals surface area contributed by atoms with Gasteiger partial charge in [-0.05, 0) is 42.9 Å². The molecule has 0 radical (unpaired) electrons. The van der Waals surface area contributed by atoms with Crippen LogP contribution in [0.25, 0.3) is 0 Å². The lowest BCUT2D eigenvalue weighted by atomic mass is 9.96. The van der Waals surface area contributed by atoms with E-state index in [-0.39, 0.29) is 17.5 Å². The van der Waals surface area contributed by atoms with E-state index >= 15 is 0 Å². The summed E-state index contributed by atoms with van der Waals surface area (Å²) < 4.78 is 0. The lowest BCUT2D eigenvalue weighted by Gasteiger charge is -2.30. The number of piperidine rings is 1. The third-order valence-electron chi connectivity index (χ3n) is 4.42. The fourth-order valence-electron chi connectivity index (χ4n) is 2.95. The minimum Gasteiger partial charge on any atom is -0.299 e. The zero-order valence-electron chi connectivity index (χ0n) is 14.2. The molecular formula is C18H20N4O3S. The van der Waals surface area contributed by atoms with Crippen molar-refractivity contribution in [3.63, 3.8) is 0 Å². The van der Waals surface area contributed by atoms with Crippen LogP contribution in [0.15, 0.2) is 46.9 Å². The molecule has 2 aromatic rings. The zero-order chi connectivity index (χ0) is 18.4. The number of hydrogen-bond acceptors (Lipinski definition) is 6. The fourth-order valence-corrected chi connectivity index (χ4v) is 3.54. The van der Waals surface area contributed by atoms with Gasteiger partial charge in [-0.25, -0.2) is 5.43 Å². The smallest absolute Gasteiger partial charge is 0.269 e. The monoisotopic (exact) mass is 372 g/mol. The van der Waals surface area contributed by atoms with Gasteiger partial charge in [0.1, 0.15) is 0 Å². The molecule has 1 aliphatic heterocycles. The van der Waals surface area contributed by atoms with Crippen LogP contribution in [0.1, 0.15) is 23.3 Å². The second kappa shape index (κ2) is 8.68. The molecule has 0 unspecified atom stereocenters.